The molecule has 2 heterocycles. The Kier molecular flexibility index (Phi) is 7.11. The Hall–Kier alpha value is -3.07. The number of carbonyl (C=O) groups excluding carboxylic acids is 1. The Bertz CT molecular complexity index is 1210. The molecule has 0 atom stereocenters. The molecule has 182 valence electrons. The van der Waals surface area contributed by atoms with Crippen molar-refractivity contribution in [3.05, 3.63) is 47.5 Å². The second-order valence-electron chi connectivity index (χ2n) is 8.36. The van der Waals surface area contributed by atoms with Gasteiger partial charge in [-0.25, -0.2) is 0 Å². The lowest BCUT2D eigenvalue weighted by Gasteiger charge is -2.30. The Morgan fingerprint density at radius 3 is 2.65 bits per heavy atom. The predicted molar refractivity (Wildman–Crippen MR) is 131 cm³/mol. The van der Waals surface area contributed by atoms with Crippen LogP contribution in [0, 0.1) is 0 Å². The van der Waals surface area contributed by atoms with E-state index in [4.69, 9.17) is 9.47 Å². The maximum Gasteiger partial charge on any atom is 0.286 e. The van der Waals surface area contributed by atoms with Crippen molar-refractivity contribution in [3.8, 4) is 11.5 Å². The van der Waals surface area contributed by atoms with Crippen molar-refractivity contribution in [3.63, 3.8) is 0 Å². The van der Waals surface area contributed by atoms with E-state index in [-0.39, 0.29) is 10.8 Å². The van der Waals surface area contributed by atoms with E-state index < -0.39 is 10.0 Å². The average molecular weight is 486 g/mol. The molecule has 0 bridgehead atoms. The van der Waals surface area contributed by atoms with Crippen LogP contribution in [0.25, 0.3) is 0 Å². The first kappa shape index (κ1) is 24.1. The minimum Gasteiger partial charge on any atom is -0.493 e. The van der Waals surface area contributed by atoms with Crippen LogP contribution < -0.4 is 14.4 Å². The van der Waals surface area contributed by atoms with Crippen molar-refractivity contribution in [2.45, 2.75) is 51.0 Å². The van der Waals surface area contributed by atoms with Crippen LogP contribution in [0.2, 0.25) is 0 Å². The molecular formula is C25H31N3O5S. The van der Waals surface area contributed by atoms with Crippen molar-refractivity contribution in [1.29, 1.82) is 0 Å². The standard InChI is InChI=1S/C25H31N3O5S/c1-4-27(17-18-10-13-21(33-5-2)22(15-18)32-3)25(29)19-11-12-20-23(16-19)34(30,31)26-24-9-7-6-8-14-28(20)24/h10-13,15-16H,4-9,14,17H2,1-3H3. The molecule has 2 aromatic rings. The number of sulfonamides is 1. The zero-order valence-corrected chi connectivity index (χ0v) is 20.7. The molecule has 0 radical (unpaired) electrons. The van der Waals surface area contributed by atoms with Gasteiger partial charge < -0.3 is 19.3 Å². The Labute approximate surface area is 201 Å². The summed E-state index contributed by atoms with van der Waals surface area (Å²) >= 11 is 0. The van der Waals surface area contributed by atoms with Gasteiger partial charge in [-0.15, -0.1) is 4.40 Å². The lowest BCUT2D eigenvalue weighted by Crippen LogP contribution is -2.36. The molecule has 2 aliphatic heterocycles. The van der Waals surface area contributed by atoms with E-state index in [1.54, 1.807) is 24.1 Å². The topological polar surface area (TPSA) is 88.5 Å². The number of ether oxygens (including phenoxy) is 2. The summed E-state index contributed by atoms with van der Waals surface area (Å²) in [6, 6.07) is 10.5. The summed E-state index contributed by atoms with van der Waals surface area (Å²) in [5, 5.41) is 0. The van der Waals surface area contributed by atoms with Gasteiger partial charge >= 0.3 is 0 Å². The number of carbonyl (C=O) groups is 1. The fraction of sp³-hybridized carbons (Fsp3) is 0.440. The van der Waals surface area contributed by atoms with Crippen molar-refractivity contribution in [2.75, 3.05) is 31.7 Å². The number of amides is 1. The Balaban J connectivity index is 1.61. The lowest BCUT2D eigenvalue weighted by molar-refractivity contribution is 0.0752. The molecule has 8 nitrogen and oxygen atoms in total. The number of benzene rings is 2. The van der Waals surface area contributed by atoms with E-state index >= 15 is 0 Å². The summed E-state index contributed by atoms with van der Waals surface area (Å²) in [7, 11) is -2.27. The number of hydrogen-bond donors (Lipinski definition) is 0. The van der Waals surface area contributed by atoms with Gasteiger partial charge in [0.25, 0.3) is 15.9 Å². The van der Waals surface area contributed by atoms with E-state index in [1.165, 1.54) is 6.07 Å². The molecule has 0 N–H and O–H groups in total. The smallest absolute Gasteiger partial charge is 0.286 e. The Morgan fingerprint density at radius 2 is 1.91 bits per heavy atom. The van der Waals surface area contributed by atoms with E-state index in [1.807, 2.05) is 36.9 Å². The van der Waals surface area contributed by atoms with Gasteiger partial charge in [0, 0.05) is 31.6 Å². The average Bonchev–Trinajstić information content (AvgIpc) is 3.07. The van der Waals surface area contributed by atoms with Crippen LogP contribution >= 0.6 is 0 Å². The van der Waals surface area contributed by atoms with Crippen LogP contribution in [-0.2, 0) is 16.6 Å². The van der Waals surface area contributed by atoms with Crippen molar-refractivity contribution in [2.24, 2.45) is 4.40 Å². The van der Waals surface area contributed by atoms with Gasteiger partial charge in [0.05, 0.1) is 19.4 Å². The van der Waals surface area contributed by atoms with E-state index in [9.17, 15) is 13.2 Å². The fourth-order valence-electron chi connectivity index (χ4n) is 4.43. The molecule has 1 amide bonds. The second kappa shape index (κ2) is 10.0. The summed E-state index contributed by atoms with van der Waals surface area (Å²) in [5.74, 6) is 1.62. The summed E-state index contributed by atoms with van der Waals surface area (Å²) in [6.45, 7) is 5.88. The first-order valence-electron chi connectivity index (χ1n) is 11.7. The highest BCUT2D eigenvalue weighted by Crippen LogP contribution is 2.35. The molecule has 1 saturated heterocycles. The number of hydrogen-bond acceptors (Lipinski definition) is 6. The third kappa shape index (κ3) is 4.75. The zero-order chi connectivity index (χ0) is 24.3. The van der Waals surface area contributed by atoms with Crippen LogP contribution in [0.5, 0.6) is 11.5 Å². The van der Waals surface area contributed by atoms with E-state index in [0.29, 0.717) is 54.7 Å². The number of rotatable bonds is 7. The van der Waals surface area contributed by atoms with Gasteiger partial charge in [-0.05, 0) is 62.6 Å². The van der Waals surface area contributed by atoms with Crippen LogP contribution in [0.4, 0.5) is 5.69 Å². The van der Waals surface area contributed by atoms with Gasteiger partial charge in [0.15, 0.2) is 11.5 Å². The van der Waals surface area contributed by atoms with Crippen molar-refractivity contribution < 1.29 is 22.7 Å². The molecule has 2 aliphatic rings. The monoisotopic (exact) mass is 485 g/mol. The number of amidine groups is 1. The first-order valence-corrected chi connectivity index (χ1v) is 13.2. The van der Waals surface area contributed by atoms with Gasteiger partial charge in [-0.2, -0.15) is 8.42 Å². The van der Waals surface area contributed by atoms with E-state index in [2.05, 4.69) is 4.40 Å². The number of anilines is 1. The first-order chi connectivity index (χ1) is 16.4. The van der Waals surface area contributed by atoms with Crippen molar-refractivity contribution >= 4 is 27.5 Å². The number of fused-ring (bicyclic) bond motifs is 3. The highest BCUT2D eigenvalue weighted by Gasteiger charge is 2.32. The molecule has 1 fully saturated rings. The molecule has 0 saturated carbocycles. The normalized spacial score (nSPS) is 16.6. The molecule has 0 unspecified atom stereocenters. The third-order valence-electron chi connectivity index (χ3n) is 6.16. The summed E-state index contributed by atoms with van der Waals surface area (Å²) in [4.78, 5) is 17.1. The van der Waals surface area contributed by atoms with E-state index in [0.717, 1.165) is 31.4 Å². The van der Waals surface area contributed by atoms with Crippen LogP contribution in [0.15, 0.2) is 45.7 Å². The molecule has 0 spiro atoms. The molecule has 9 heteroatoms. The maximum atomic E-state index is 13.4. The van der Waals surface area contributed by atoms with Gasteiger partial charge in [-0.1, -0.05) is 12.5 Å². The molecule has 4 rings (SSSR count). The molecule has 0 aliphatic carbocycles. The third-order valence-corrected chi connectivity index (χ3v) is 7.50. The Morgan fingerprint density at radius 1 is 1.09 bits per heavy atom. The quantitative estimate of drug-likeness (QED) is 0.583. The lowest BCUT2D eigenvalue weighted by atomic mass is 10.1. The number of nitrogens with zero attached hydrogens (tertiary/aromatic N) is 3. The highest BCUT2D eigenvalue weighted by molar-refractivity contribution is 7.90. The fourth-order valence-corrected chi connectivity index (χ4v) is 5.71. The molecule has 2 aromatic carbocycles. The largest absolute Gasteiger partial charge is 0.493 e. The van der Waals surface area contributed by atoms with Gasteiger partial charge in [0.1, 0.15) is 10.7 Å². The van der Waals surface area contributed by atoms with Crippen molar-refractivity contribution in [1.82, 2.24) is 4.90 Å². The summed E-state index contributed by atoms with van der Waals surface area (Å²) in [6.07, 6.45) is 3.60. The molecule has 0 aromatic heterocycles. The SMILES string of the molecule is CCOc1ccc(CN(CC)C(=O)c2ccc3c(c2)S(=O)(=O)N=C2CCCCCN23)cc1OC. The summed E-state index contributed by atoms with van der Waals surface area (Å²) in [5.41, 5.74) is 1.83. The minimum absolute atomic E-state index is 0.0998. The van der Waals surface area contributed by atoms with Gasteiger partial charge in [0.2, 0.25) is 0 Å². The number of methoxy groups -OCH3 is 1. The van der Waals surface area contributed by atoms with Crippen LogP contribution in [0.3, 0.4) is 0 Å². The molecular weight excluding hydrogens is 454 g/mol. The highest BCUT2D eigenvalue weighted by atomic mass is 32.2. The van der Waals surface area contributed by atoms with Crippen LogP contribution in [-0.4, -0.2) is 51.9 Å². The zero-order valence-electron chi connectivity index (χ0n) is 19.9. The molecule has 34 heavy (non-hydrogen) atoms. The van der Waals surface area contributed by atoms with Gasteiger partial charge in [-0.3, -0.25) is 4.79 Å². The minimum atomic E-state index is -3.85. The summed E-state index contributed by atoms with van der Waals surface area (Å²) < 4.78 is 40.9. The van der Waals surface area contributed by atoms with Crippen LogP contribution in [0.1, 0.15) is 55.5 Å². The second-order valence-corrected chi connectivity index (χ2v) is 9.94. The maximum absolute atomic E-state index is 13.4. The predicted octanol–water partition coefficient (Wildman–Crippen LogP) is 4.24.